The minimum Gasteiger partial charge on any atom is -0.491 e. The zero-order valence-electron chi connectivity index (χ0n) is 17.1. The number of carbonyl (C=O) groups is 1. The highest BCUT2D eigenvalue weighted by atomic mass is 32.1. The summed E-state index contributed by atoms with van der Waals surface area (Å²) in [5, 5.41) is 14.1. The summed E-state index contributed by atoms with van der Waals surface area (Å²) in [4.78, 5) is 17.8. The second kappa shape index (κ2) is 9.51. The Labute approximate surface area is 174 Å². The molecule has 0 unspecified atom stereocenters. The lowest BCUT2D eigenvalue weighted by atomic mass is 10.2. The second-order valence-corrected chi connectivity index (χ2v) is 8.39. The Balaban J connectivity index is 1.57. The molecule has 3 aromatic rings. The molecule has 0 spiro atoms. The van der Waals surface area contributed by atoms with Gasteiger partial charge in [0, 0.05) is 24.5 Å². The van der Waals surface area contributed by atoms with Crippen LogP contribution < -0.4 is 15.4 Å². The number of amides is 2. The van der Waals surface area contributed by atoms with Crippen molar-refractivity contribution < 1.29 is 9.53 Å². The lowest BCUT2D eigenvalue weighted by Crippen LogP contribution is -2.20. The monoisotopic (exact) mass is 414 g/mol. The Kier molecular flexibility index (Phi) is 6.82. The molecule has 154 valence electrons. The summed E-state index contributed by atoms with van der Waals surface area (Å²) in [6, 6.07) is 5.36. The summed E-state index contributed by atoms with van der Waals surface area (Å²) in [6.45, 7) is 6.74. The molecule has 0 radical (unpaired) electrons. The highest BCUT2D eigenvalue weighted by Gasteiger charge is 2.12. The van der Waals surface area contributed by atoms with Gasteiger partial charge in [0.1, 0.15) is 17.9 Å². The highest BCUT2D eigenvalue weighted by molar-refractivity contribution is 7.15. The number of nitrogens with zero attached hydrogens (tertiary/aromatic N) is 4. The fourth-order valence-corrected chi connectivity index (χ4v) is 3.42. The van der Waals surface area contributed by atoms with Crippen LogP contribution in [0.2, 0.25) is 0 Å². The second-order valence-electron chi connectivity index (χ2n) is 7.27. The number of nitrogens with one attached hydrogen (secondary N) is 2. The van der Waals surface area contributed by atoms with Gasteiger partial charge in [-0.25, -0.2) is 9.78 Å². The highest BCUT2D eigenvalue weighted by Crippen LogP contribution is 2.27. The van der Waals surface area contributed by atoms with Crippen LogP contribution in [0.1, 0.15) is 30.1 Å². The van der Waals surface area contributed by atoms with Gasteiger partial charge in [0.25, 0.3) is 0 Å². The number of hydrogen-bond acceptors (Lipinski definition) is 6. The molecule has 0 saturated heterocycles. The normalized spacial score (nSPS) is 10.9. The van der Waals surface area contributed by atoms with Gasteiger partial charge in [-0.15, -0.1) is 21.5 Å². The van der Waals surface area contributed by atoms with Crippen LogP contribution in [0.4, 0.5) is 15.6 Å². The molecule has 2 aromatic heterocycles. The summed E-state index contributed by atoms with van der Waals surface area (Å²) < 4.78 is 7.74. The van der Waals surface area contributed by atoms with Crippen LogP contribution in [0.25, 0.3) is 0 Å². The fraction of sp³-hybridized carbons (Fsp3) is 0.400. The molecule has 9 heteroatoms. The van der Waals surface area contributed by atoms with E-state index >= 15 is 0 Å². The van der Waals surface area contributed by atoms with Crippen molar-refractivity contribution in [3.8, 4) is 5.75 Å². The number of thiazole rings is 1. The van der Waals surface area contributed by atoms with E-state index in [1.807, 2.05) is 36.7 Å². The van der Waals surface area contributed by atoms with Crippen LogP contribution in [0.5, 0.6) is 5.75 Å². The first-order chi connectivity index (χ1) is 13.9. The first kappa shape index (κ1) is 20.8. The number of hydrogen-bond donors (Lipinski definition) is 2. The molecule has 2 heterocycles. The van der Waals surface area contributed by atoms with Crippen LogP contribution >= 0.6 is 11.3 Å². The van der Waals surface area contributed by atoms with Crippen molar-refractivity contribution in [2.24, 2.45) is 13.0 Å². The van der Waals surface area contributed by atoms with Gasteiger partial charge in [0.05, 0.1) is 12.3 Å². The minimum absolute atomic E-state index is 0.350. The Morgan fingerprint density at radius 3 is 2.83 bits per heavy atom. The summed E-state index contributed by atoms with van der Waals surface area (Å²) in [6.07, 6.45) is 5.02. The predicted molar refractivity (Wildman–Crippen MR) is 115 cm³/mol. The molecule has 29 heavy (non-hydrogen) atoms. The van der Waals surface area contributed by atoms with Crippen LogP contribution in [0, 0.1) is 12.8 Å². The average Bonchev–Trinajstić information content (AvgIpc) is 3.28. The number of aryl methyl sites for hydroxylation is 4. The van der Waals surface area contributed by atoms with Gasteiger partial charge in [0.2, 0.25) is 0 Å². The van der Waals surface area contributed by atoms with E-state index in [2.05, 4.69) is 39.7 Å². The quantitative estimate of drug-likeness (QED) is 0.580. The Morgan fingerprint density at radius 2 is 2.10 bits per heavy atom. The maximum atomic E-state index is 12.4. The Bertz CT molecular complexity index is 966. The summed E-state index contributed by atoms with van der Waals surface area (Å²) in [7, 11) is 1.92. The van der Waals surface area contributed by atoms with E-state index in [1.54, 1.807) is 12.5 Å². The smallest absolute Gasteiger partial charge is 0.325 e. The lowest BCUT2D eigenvalue weighted by molar-refractivity contribution is 0.260. The summed E-state index contributed by atoms with van der Waals surface area (Å²) in [5.74, 6) is 1.98. The molecule has 1 aromatic carbocycles. The Morgan fingerprint density at radius 1 is 1.28 bits per heavy atom. The zero-order chi connectivity index (χ0) is 20.8. The number of aromatic nitrogens is 4. The third-order valence-electron chi connectivity index (χ3n) is 4.13. The van der Waals surface area contributed by atoms with Crippen molar-refractivity contribution in [2.75, 3.05) is 17.2 Å². The van der Waals surface area contributed by atoms with E-state index in [1.165, 1.54) is 11.3 Å². The van der Waals surface area contributed by atoms with Gasteiger partial charge in [-0.1, -0.05) is 19.9 Å². The predicted octanol–water partition coefficient (Wildman–Crippen LogP) is 4.04. The molecule has 8 nitrogen and oxygen atoms in total. The third kappa shape index (κ3) is 6.02. The summed E-state index contributed by atoms with van der Waals surface area (Å²) in [5.41, 5.74) is 1.70. The number of rotatable bonds is 8. The van der Waals surface area contributed by atoms with Crippen molar-refractivity contribution >= 4 is 28.2 Å². The van der Waals surface area contributed by atoms with E-state index < -0.39 is 0 Å². The van der Waals surface area contributed by atoms with Gasteiger partial charge in [0.15, 0.2) is 5.13 Å². The first-order valence-corrected chi connectivity index (χ1v) is 10.3. The molecule has 0 saturated carbocycles. The van der Waals surface area contributed by atoms with Crippen molar-refractivity contribution in [3.05, 3.63) is 47.0 Å². The molecule has 2 N–H and O–H groups in total. The Hall–Kier alpha value is -2.94. The first-order valence-electron chi connectivity index (χ1n) is 9.49. The third-order valence-corrected chi connectivity index (χ3v) is 5.10. The van der Waals surface area contributed by atoms with Gasteiger partial charge in [-0.2, -0.15) is 0 Å². The number of urea groups is 1. The fourth-order valence-electron chi connectivity index (χ4n) is 2.61. The molecule has 0 atom stereocenters. The van der Waals surface area contributed by atoms with Crippen LogP contribution in [0.15, 0.2) is 30.7 Å². The standard InChI is InChI=1S/C20H26N6O2S/c1-13(2)11-28-17-9-14(3)5-7-16(17)23-19(27)24-20-21-10-15(29-20)6-8-18-25-22-12-26(18)4/h5,7,9-10,12-13H,6,8,11H2,1-4H3,(H2,21,23,24,27). The molecule has 0 aliphatic heterocycles. The molecular formula is C20H26N6O2S. The van der Waals surface area contributed by atoms with E-state index in [0.29, 0.717) is 29.1 Å². The topological polar surface area (TPSA) is 94.0 Å². The van der Waals surface area contributed by atoms with Crippen molar-refractivity contribution in [2.45, 2.75) is 33.6 Å². The molecule has 3 rings (SSSR count). The summed E-state index contributed by atoms with van der Waals surface area (Å²) >= 11 is 1.45. The zero-order valence-corrected chi connectivity index (χ0v) is 17.9. The van der Waals surface area contributed by atoms with E-state index in [4.69, 9.17) is 4.74 Å². The lowest BCUT2D eigenvalue weighted by Gasteiger charge is -2.14. The van der Waals surface area contributed by atoms with Crippen molar-refractivity contribution in [3.63, 3.8) is 0 Å². The van der Waals surface area contributed by atoms with Crippen LogP contribution in [-0.2, 0) is 19.9 Å². The van der Waals surface area contributed by atoms with Gasteiger partial charge >= 0.3 is 6.03 Å². The van der Waals surface area contributed by atoms with E-state index in [0.717, 1.165) is 29.1 Å². The molecule has 2 amide bonds. The number of carbonyl (C=O) groups excluding carboxylic acids is 1. The van der Waals surface area contributed by atoms with Gasteiger partial charge in [-0.3, -0.25) is 5.32 Å². The molecular weight excluding hydrogens is 388 g/mol. The van der Waals surface area contributed by atoms with E-state index in [9.17, 15) is 4.79 Å². The van der Waals surface area contributed by atoms with E-state index in [-0.39, 0.29) is 6.03 Å². The minimum atomic E-state index is -0.350. The molecule has 0 fully saturated rings. The number of benzene rings is 1. The number of ether oxygens (including phenoxy) is 1. The van der Waals surface area contributed by atoms with Gasteiger partial charge in [-0.05, 0) is 37.0 Å². The average molecular weight is 415 g/mol. The van der Waals surface area contributed by atoms with Crippen LogP contribution in [-0.4, -0.2) is 32.4 Å². The molecule has 0 aliphatic carbocycles. The number of anilines is 2. The molecule has 0 aliphatic rings. The maximum Gasteiger partial charge on any atom is 0.325 e. The maximum absolute atomic E-state index is 12.4. The van der Waals surface area contributed by atoms with Gasteiger partial charge < -0.3 is 14.6 Å². The SMILES string of the molecule is Cc1ccc(NC(=O)Nc2ncc(CCc3nncn3C)s2)c(OCC(C)C)c1. The molecule has 0 bridgehead atoms. The van der Waals surface area contributed by atoms with Crippen LogP contribution in [0.3, 0.4) is 0 Å². The van der Waals surface area contributed by atoms with Crippen molar-refractivity contribution in [1.82, 2.24) is 19.7 Å². The largest absolute Gasteiger partial charge is 0.491 e. The van der Waals surface area contributed by atoms with Crippen molar-refractivity contribution in [1.29, 1.82) is 0 Å².